The van der Waals surface area contributed by atoms with Crippen LogP contribution in [0.15, 0.2) is 48.8 Å². The van der Waals surface area contributed by atoms with E-state index in [1.165, 1.54) is 54.0 Å². The third kappa shape index (κ3) is 3.56. The first-order valence-electron chi connectivity index (χ1n) is 8.61. The van der Waals surface area contributed by atoms with Crippen LogP contribution in [0.3, 0.4) is 0 Å². The molecule has 0 N–H and O–H groups in total. The van der Waals surface area contributed by atoms with E-state index in [-0.39, 0.29) is 60.2 Å². The van der Waals surface area contributed by atoms with E-state index in [1.54, 1.807) is 0 Å². The summed E-state index contributed by atoms with van der Waals surface area (Å²) < 4.78 is 2.19. The largest absolute Gasteiger partial charge is 0.358 e. The van der Waals surface area contributed by atoms with Crippen molar-refractivity contribution in [2.45, 2.75) is 38.0 Å². The molecule has 134 valence electrons. The minimum atomic E-state index is 0. The average molecular weight is 596 g/mol. The number of aromatic nitrogens is 2. The molecule has 0 amide bonds. The molecule has 1 aliphatic rings. The minimum absolute atomic E-state index is 0. The number of nitrogens with zero attached hydrogens (tertiary/aromatic N) is 2. The topological polar surface area (TPSA) is 17.3 Å². The Hall–Kier alpha value is -0.597. The number of hydrogen-bond acceptors (Lipinski definition) is 1. The van der Waals surface area contributed by atoms with Gasteiger partial charge in [0.05, 0.1) is 5.65 Å². The summed E-state index contributed by atoms with van der Waals surface area (Å²) in [6.07, 6.45) is 10.8. The minimum Gasteiger partial charge on any atom is -0.358 e. The van der Waals surface area contributed by atoms with E-state index < -0.39 is 0 Å². The van der Waals surface area contributed by atoms with Gasteiger partial charge in [-0.2, -0.15) is 0 Å². The van der Waals surface area contributed by atoms with Crippen molar-refractivity contribution in [3.8, 4) is 0 Å². The van der Waals surface area contributed by atoms with Crippen LogP contribution in [-0.4, -0.2) is 9.38 Å². The maximum atomic E-state index is 4.54. The Bertz CT molecular complexity index is 1020. The molecule has 0 spiro atoms. The standard InChI is InChI=1S/C21H19N2.CH3.Ir.Y/c1-2-6-15(7-3-1)16-10-11-20-19(14-16)17-8-4-5-9-18(17)21-22-12-13-23(20)21;;;/h4-5,8,10-15H,1-3,6-7H2;1H3;;/q2*-1;;. The van der Waals surface area contributed by atoms with Crippen molar-refractivity contribution in [1.29, 1.82) is 0 Å². The van der Waals surface area contributed by atoms with Crippen molar-refractivity contribution >= 4 is 27.3 Å². The molecule has 1 saturated carbocycles. The Labute approximate surface area is 194 Å². The molecule has 1 aliphatic carbocycles. The summed E-state index contributed by atoms with van der Waals surface area (Å²) in [6.45, 7) is 0. The van der Waals surface area contributed by atoms with Crippen LogP contribution in [0, 0.1) is 13.5 Å². The van der Waals surface area contributed by atoms with Gasteiger partial charge < -0.3 is 11.8 Å². The van der Waals surface area contributed by atoms with Gasteiger partial charge in [0, 0.05) is 70.7 Å². The molecule has 2 radical (unpaired) electrons. The van der Waals surface area contributed by atoms with Gasteiger partial charge >= 0.3 is 0 Å². The second-order valence-electron chi connectivity index (χ2n) is 6.69. The second-order valence-corrected chi connectivity index (χ2v) is 6.69. The molecule has 0 aliphatic heterocycles. The number of fused-ring (bicyclic) bond motifs is 6. The molecule has 2 aromatic carbocycles. The van der Waals surface area contributed by atoms with Crippen molar-refractivity contribution in [1.82, 2.24) is 9.38 Å². The predicted octanol–water partition coefficient (Wildman–Crippen LogP) is 5.93. The summed E-state index contributed by atoms with van der Waals surface area (Å²) in [7, 11) is 0. The Kier molecular flexibility index (Phi) is 7.56. The molecule has 5 rings (SSSR count). The van der Waals surface area contributed by atoms with Crippen LogP contribution in [0.25, 0.3) is 27.3 Å². The summed E-state index contributed by atoms with van der Waals surface area (Å²) >= 11 is 0. The molecular formula is C22H22IrN2Y-2. The van der Waals surface area contributed by atoms with Gasteiger partial charge in [-0.1, -0.05) is 36.8 Å². The van der Waals surface area contributed by atoms with Crippen LogP contribution in [0.1, 0.15) is 43.6 Å². The summed E-state index contributed by atoms with van der Waals surface area (Å²) in [5.74, 6) is 0.731. The summed E-state index contributed by atoms with van der Waals surface area (Å²) in [6, 6.07) is 16.7. The van der Waals surface area contributed by atoms with Crippen molar-refractivity contribution < 1.29 is 52.8 Å². The molecule has 0 unspecified atom stereocenters. The second kappa shape index (κ2) is 9.06. The fourth-order valence-corrected chi connectivity index (χ4v) is 4.20. The van der Waals surface area contributed by atoms with Crippen LogP contribution in [0.2, 0.25) is 0 Å². The Morgan fingerprint density at radius 3 is 2.65 bits per heavy atom. The Balaban J connectivity index is 0.000000810. The average Bonchev–Trinajstić information content (AvgIpc) is 3.12. The summed E-state index contributed by atoms with van der Waals surface area (Å²) in [5, 5.41) is 3.70. The summed E-state index contributed by atoms with van der Waals surface area (Å²) in [4.78, 5) is 4.54. The van der Waals surface area contributed by atoms with Crippen LogP contribution < -0.4 is 0 Å². The first kappa shape index (κ1) is 21.7. The number of rotatable bonds is 1. The van der Waals surface area contributed by atoms with E-state index in [9.17, 15) is 0 Å². The Morgan fingerprint density at radius 1 is 1.04 bits per heavy atom. The third-order valence-corrected chi connectivity index (χ3v) is 5.37. The molecule has 1 fully saturated rings. The fourth-order valence-electron chi connectivity index (χ4n) is 4.20. The first-order chi connectivity index (χ1) is 11.4. The predicted molar refractivity (Wildman–Crippen MR) is 101 cm³/mol. The van der Waals surface area contributed by atoms with E-state index in [1.807, 2.05) is 12.3 Å². The number of pyridine rings is 1. The molecule has 4 aromatic rings. The molecule has 0 atom stereocenters. The van der Waals surface area contributed by atoms with E-state index >= 15 is 0 Å². The quantitative estimate of drug-likeness (QED) is 0.197. The van der Waals surface area contributed by atoms with Crippen LogP contribution >= 0.6 is 0 Å². The maximum absolute atomic E-state index is 4.54. The van der Waals surface area contributed by atoms with Gasteiger partial charge in [0.2, 0.25) is 0 Å². The Morgan fingerprint density at radius 2 is 1.85 bits per heavy atom. The van der Waals surface area contributed by atoms with E-state index in [4.69, 9.17) is 0 Å². The van der Waals surface area contributed by atoms with Gasteiger partial charge in [0.1, 0.15) is 0 Å². The summed E-state index contributed by atoms with van der Waals surface area (Å²) in [5.41, 5.74) is 3.74. The normalized spacial score (nSPS) is 14.6. The molecule has 2 heterocycles. The van der Waals surface area contributed by atoms with Crippen LogP contribution in [0.4, 0.5) is 0 Å². The van der Waals surface area contributed by atoms with Gasteiger partial charge in [0.25, 0.3) is 0 Å². The number of hydrogen-bond donors (Lipinski definition) is 0. The molecule has 0 bridgehead atoms. The zero-order valence-corrected chi connectivity index (χ0v) is 20.3. The SMILES string of the molecule is [CH3-].[Ir].[Y].[c-]1cccc2c1c1nccn1c1ccc(C3CCCCC3)cc21. The molecular weight excluding hydrogens is 573 g/mol. The van der Waals surface area contributed by atoms with Crippen LogP contribution in [0.5, 0.6) is 0 Å². The van der Waals surface area contributed by atoms with E-state index in [2.05, 4.69) is 52.0 Å². The number of imidazole rings is 1. The van der Waals surface area contributed by atoms with Crippen LogP contribution in [-0.2, 0) is 52.8 Å². The van der Waals surface area contributed by atoms with E-state index in [0.717, 1.165) is 17.0 Å². The zero-order chi connectivity index (χ0) is 15.2. The maximum Gasteiger partial charge on any atom is 0.0608 e. The van der Waals surface area contributed by atoms with Gasteiger partial charge in [-0.05, 0) is 35.8 Å². The molecule has 26 heavy (non-hydrogen) atoms. The number of benzene rings is 2. The van der Waals surface area contributed by atoms with Gasteiger partial charge in [0.15, 0.2) is 0 Å². The van der Waals surface area contributed by atoms with E-state index in [0.29, 0.717) is 0 Å². The van der Waals surface area contributed by atoms with Gasteiger partial charge in [-0.3, -0.25) is 4.98 Å². The molecule has 0 saturated heterocycles. The van der Waals surface area contributed by atoms with Gasteiger partial charge in [-0.15, -0.1) is 29.7 Å². The van der Waals surface area contributed by atoms with Crippen molar-refractivity contribution in [2.75, 3.05) is 0 Å². The smallest absolute Gasteiger partial charge is 0.0608 e. The van der Waals surface area contributed by atoms with Crippen molar-refractivity contribution in [2.24, 2.45) is 0 Å². The van der Waals surface area contributed by atoms with Crippen molar-refractivity contribution in [3.63, 3.8) is 0 Å². The zero-order valence-electron chi connectivity index (χ0n) is 15.0. The van der Waals surface area contributed by atoms with Gasteiger partial charge in [-0.25, -0.2) is 0 Å². The third-order valence-electron chi connectivity index (χ3n) is 5.37. The monoisotopic (exact) mass is 596 g/mol. The first-order valence-corrected chi connectivity index (χ1v) is 8.61. The molecule has 2 nitrogen and oxygen atoms in total. The molecule has 2 aromatic heterocycles. The van der Waals surface area contributed by atoms with Crippen molar-refractivity contribution in [3.05, 3.63) is 67.8 Å². The molecule has 4 heteroatoms. The fraction of sp³-hybridized carbons (Fsp3) is 0.273.